The maximum Gasteiger partial charge on any atom is 0.416 e. The van der Waals surface area contributed by atoms with E-state index < -0.39 is 18.2 Å². The Bertz CT molecular complexity index is 335. The Kier molecular flexibility index (Phi) is 3.58. The highest BCUT2D eigenvalue weighted by molar-refractivity contribution is 5.87. The maximum atomic E-state index is 12.2. The van der Waals surface area contributed by atoms with Crippen LogP contribution in [0.15, 0.2) is 23.9 Å². The van der Waals surface area contributed by atoms with Crippen LogP contribution < -0.4 is 0 Å². The fourth-order valence-electron chi connectivity index (χ4n) is 1.00. The van der Waals surface area contributed by atoms with Crippen LogP contribution in [-0.2, 0) is 9.63 Å². The zero-order chi connectivity index (χ0) is 12.3. The van der Waals surface area contributed by atoms with Gasteiger partial charge >= 0.3 is 12.1 Å². The highest BCUT2D eigenvalue weighted by Crippen LogP contribution is 2.24. The molecule has 0 aliphatic carbocycles. The molecule has 0 aromatic rings. The third kappa shape index (κ3) is 3.27. The van der Waals surface area contributed by atoms with E-state index in [2.05, 4.69) is 4.84 Å². The van der Waals surface area contributed by atoms with Crippen molar-refractivity contribution in [3.63, 3.8) is 0 Å². The predicted octanol–water partition coefficient (Wildman–Crippen LogP) is 1.71. The summed E-state index contributed by atoms with van der Waals surface area (Å²) in [5.41, 5.74) is -0.0307. The van der Waals surface area contributed by atoms with Gasteiger partial charge in [-0.05, 0) is 19.1 Å². The summed E-state index contributed by atoms with van der Waals surface area (Å²) in [6.07, 6.45) is -2.59. The molecule has 0 saturated carbocycles. The van der Waals surface area contributed by atoms with Gasteiger partial charge in [0, 0.05) is 6.20 Å². The van der Waals surface area contributed by atoms with Crippen molar-refractivity contribution in [2.45, 2.75) is 19.2 Å². The zero-order valence-electron chi connectivity index (χ0n) is 8.36. The lowest BCUT2D eigenvalue weighted by molar-refractivity contribution is -0.276. The summed E-state index contributed by atoms with van der Waals surface area (Å²) < 4.78 is 36.5. The molecule has 16 heavy (non-hydrogen) atoms. The number of rotatable bonds is 3. The number of hydrogen-bond acceptors (Lipinski definition) is 3. The van der Waals surface area contributed by atoms with Crippen molar-refractivity contribution >= 4 is 5.97 Å². The molecule has 0 saturated heterocycles. The van der Waals surface area contributed by atoms with E-state index in [0.717, 1.165) is 12.0 Å². The fourth-order valence-corrected chi connectivity index (χ4v) is 1.00. The van der Waals surface area contributed by atoms with E-state index in [1.165, 1.54) is 18.4 Å². The first kappa shape index (κ1) is 12.6. The molecular weight excluding hydrogens is 227 g/mol. The Balaban J connectivity index is 2.57. The molecule has 4 nitrogen and oxygen atoms in total. The van der Waals surface area contributed by atoms with Crippen molar-refractivity contribution in [1.29, 1.82) is 0 Å². The molecule has 0 bridgehead atoms. The second-order valence-corrected chi connectivity index (χ2v) is 3.20. The van der Waals surface area contributed by atoms with Crippen molar-refractivity contribution in [2.24, 2.45) is 0 Å². The van der Waals surface area contributed by atoms with Crippen LogP contribution in [0.1, 0.15) is 6.92 Å². The van der Waals surface area contributed by atoms with Crippen molar-refractivity contribution in [3.8, 4) is 0 Å². The van der Waals surface area contributed by atoms with E-state index in [9.17, 15) is 18.0 Å². The van der Waals surface area contributed by atoms with Gasteiger partial charge in [0.2, 0.25) is 0 Å². The van der Waals surface area contributed by atoms with Crippen molar-refractivity contribution in [3.05, 3.63) is 23.9 Å². The fraction of sp³-hybridized carbons (Fsp3) is 0.444. The highest BCUT2D eigenvalue weighted by atomic mass is 19.4. The topological polar surface area (TPSA) is 49.8 Å². The third-order valence-electron chi connectivity index (χ3n) is 1.91. The molecule has 1 heterocycles. The number of hydroxylamine groups is 2. The molecule has 1 aliphatic rings. The molecule has 1 aliphatic heterocycles. The van der Waals surface area contributed by atoms with Crippen molar-refractivity contribution in [2.75, 3.05) is 6.54 Å². The first-order valence-electron chi connectivity index (χ1n) is 4.41. The molecule has 1 N–H and O–H groups in total. The number of carbonyl (C=O) groups is 1. The molecule has 0 aromatic carbocycles. The van der Waals surface area contributed by atoms with Gasteiger partial charge in [0.05, 0.1) is 12.1 Å². The van der Waals surface area contributed by atoms with E-state index in [-0.39, 0.29) is 12.1 Å². The molecule has 90 valence electrons. The van der Waals surface area contributed by atoms with Crippen LogP contribution in [0.2, 0.25) is 0 Å². The largest absolute Gasteiger partial charge is 0.478 e. The maximum absolute atomic E-state index is 12.2. The van der Waals surface area contributed by atoms with Gasteiger partial charge in [-0.15, -0.1) is 0 Å². The van der Waals surface area contributed by atoms with Crippen LogP contribution in [0.25, 0.3) is 0 Å². The summed E-state index contributed by atoms with van der Waals surface area (Å²) in [4.78, 5) is 15.1. The first-order valence-corrected chi connectivity index (χ1v) is 4.41. The number of hydrogen-bond donors (Lipinski definition) is 1. The molecule has 0 radical (unpaired) electrons. The Labute approximate surface area is 89.6 Å². The molecule has 1 unspecified atom stereocenters. The quantitative estimate of drug-likeness (QED) is 0.811. The number of halogens is 3. The van der Waals surface area contributed by atoms with Gasteiger partial charge < -0.3 is 5.11 Å². The lowest BCUT2D eigenvalue weighted by Crippen LogP contribution is -2.36. The molecule has 1 rings (SSSR count). The van der Waals surface area contributed by atoms with Crippen LogP contribution >= 0.6 is 0 Å². The van der Waals surface area contributed by atoms with E-state index in [4.69, 9.17) is 5.11 Å². The Morgan fingerprint density at radius 2 is 2.25 bits per heavy atom. The predicted molar refractivity (Wildman–Crippen MR) is 48.2 cm³/mol. The second-order valence-electron chi connectivity index (χ2n) is 3.20. The SMILES string of the molecule is CC(ON1C=CC=C(C(=O)O)C1)C(F)(F)F. The van der Waals surface area contributed by atoms with Gasteiger partial charge in [-0.3, -0.25) is 9.90 Å². The smallest absolute Gasteiger partial charge is 0.416 e. The summed E-state index contributed by atoms with van der Waals surface area (Å²) in [6.45, 7) is 0.638. The monoisotopic (exact) mass is 237 g/mol. The highest BCUT2D eigenvalue weighted by Gasteiger charge is 2.38. The normalized spacial score (nSPS) is 18.2. The summed E-state index contributed by atoms with van der Waals surface area (Å²) in [5, 5.41) is 9.49. The second kappa shape index (κ2) is 4.56. The van der Waals surface area contributed by atoms with Crippen molar-refractivity contribution < 1.29 is 27.9 Å². The molecule has 0 amide bonds. The first-order chi connectivity index (χ1) is 7.30. The number of alkyl halides is 3. The van der Waals surface area contributed by atoms with E-state index >= 15 is 0 Å². The minimum Gasteiger partial charge on any atom is -0.478 e. The minimum atomic E-state index is -4.47. The molecule has 0 aromatic heterocycles. The summed E-state index contributed by atoms with van der Waals surface area (Å²) >= 11 is 0. The van der Waals surface area contributed by atoms with Gasteiger partial charge in [0.15, 0.2) is 6.10 Å². The summed E-state index contributed by atoms with van der Waals surface area (Å²) in [7, 11) is 0. The Morgan fingerprint density at radius 3 is 2.75 bits per heavy atom. The van der Waals surface area contributed by atoms with Crippen LogP contribution in [-0.4, -0.2) is 35.0 Å². The van der Waals surface area contributed by atoms with Crippen LogP contribution in [0.4, 0.5) is 13.2 Å². The molecular formula is C9H10F3NO3. The number of carboxylic acids is 1. The molecule has 0 spiro atoms. The Hall–Kier alpha value is -1.50. The number of allylic oxidation sites excluding steroid dienone is 2. The molecule has 0 fully saturated rings. The van der Waals surface area contributed by atoms with Gasteiger partial charge in [0.25, 0.3) is 0 Å². The van der Waals surface area contributed by atoms with Crippen LogP contribution in [0, 0.1) is 0 Å². The lowest BCUT2D eigenvalue weighted by atomic mass is 10.2. The van der Waals surface area contributed by atoms with Crippen LogP contribution in [0.5, 0.6) is 0 Å². The average molecular weight is 237 g/mol. The van der Waals surface area contributed by atoms with E-state index in [0.29, 0.717) is 0 Å². The van der Waals surface area contributed by atoms with E-state index in [1.54, 1.807) is 0 Å². The lowest BCUT2D eigenvalue weighted by Gasteiger charge is -2.26. The van der Waals surface area contributed by atoms with Gasteiger partial charge in [0.1, 0.15) is 0 Å². The molecule has 1 atom stereocenters. The summed E-state index contributed by atoms with van der Waals surface area (Å²) in [5.74, 6) is -1.18. The van der Waals surface area contributed by atoms with E-state index in [1.807, 2.05) is 0 Å². The van der Waals surface area contributed by atoms with Gasteiger partial charge in [-0.2, -0.15) is 13.2 Å². The number of nitrogens with zero attached hydrogens (tertiary/aromatic N) is 1. The standard InChI is InChI=1S/C9H10F3NO3/c1-6(9(10,11)12)16-13-4-2-3-7(5-13)8(14)15/h2-4,6H,5H2,1H3,(H,14,15). The van der Waals surface area contributed by atoms with Crippen molar-refractivity contribution in [1.82, 2.24) is 5.06 Å². The molecule has 7 heteroatoms. The minimum absolute atomic E-state index is 0.0307. The number of aliphatic carboxylic acids is 1. The Morgan fingerprint density at radius 1 is 1.62 bits per heavy atom. The van der Waals surface area contributed by atoms with Gasteiger partial charge in [-0.1, -0.05) is 0 Å². The zero-order valence-corrected chi connectivity index (χ0v) is 8.36. The number of carboxylic acid groups (broad SMARTS) is 1. The average Bonchev–Trinajstić information content (AvgIpc) is 2.16. The van der Waals surface area contributed by atoms with Gasteiger partial charge in [-0.25, -0.2) is 4.79 Å². The third-order valence-corrected chi connectivity index (χ3v) is 1.91. The van der Waals surface area contributed by atoms with Crippen LogP contribution in [0.3, 0.4) is 0 Å². The summed E-state index contributed by atoms with van der Waals surface area (Å²) in [6, 6.07) is 0.